The average molecular weight is 324 g/mol. The van der Waals surface area contributed by atoms with E-state index in [-0.39, 0.29) is 5.97 Å². The van der Waals surface area contributed by atoms with Gasteiger partial charge >= 0.3 is 5.97 Å². The first-order chi connectivity index (χ1) is 11.6. The highest BCUT2D eigenvalue weighted by Gasteiger charge is 2.04. The average Bonchev–Trinajstić information content (AvgIpc) is 2.60. The Balaban J connectivity index is 2.10. The highest BCUT2D eigenvalue weighted by atomic mass is 16.5. The molecule has 0 aliphatic carbocycles. The van der Waals surface area contributed by atoms with Gasteiger partial charge in [-0.25, -0.2) is 4.79 Å². The van der Waals surface area contributed by atoms with Crippen molar-refractivity contribution in [2.24, 2.45) is 0 Å². The molecule has 126 valence electrons. The highest BCUT2D eigenvalue weighted by molar-refractivity contribution is 5.87. The normalized spacial score (nSPS) is 10.8. The fourth-order valence-corrected chi connectivity index (χ4v) is 2.43. The predicted octanol–water partition coefficient (Wildman–Crippen LogP) is 5.03. The van der Waals surface area contributed by atoms with Crippen LogP contribution in [-0.2, 0) is 9.53 Å². The van der Waals surface area contributed by atoms with Crippen molar-refractivity contribution in [3.8, 4) is 16.9 Å². The number of esters is 1. The summed E-state index contributed by atoms with van der Waals surface area (Å²) in [7, 11) is 1.67. The summed E-state index contributed by atoms with van der Waals surface area (Å²) in [5.74, 6) is 0.545. The van der Waals surface area contributed by atoms with Gasteiger partial charge in [-0.05, 0) is 53.8 Å². The van der Waals surface area contributed by atoms with E-state index < -0.39 is 0 Å². The quantitative estimate of drug-likeness (QED) is 0.407. The molecule has 2 aromatic rings. The van der Waals surface area contributed by atoms with Crippen LogP contribution in [0.5, 0.6) is 5.75 Å². The first-order valence-corrected chi connectivity index (χ1v) is 8.24. The fourth-order valence-electron chi connectivity index (χ4n) is 2.43. The minimum atomic E-state index is -0.294. The third-order valence-electron chi connectivity index (χ3n) is 3.79. The second-order valence-corrected chi connectivity index (χ2v) is 5.66. The van der Waals surface area contributed by atoms with Crippen LogP contribution in [0.1, 0.15) is 30.9 Å². The summed E-state index contributed by atoms with van der Waals surface area (Å²) in [6.45, 7) is 4.61. The van der Waals surface area contributed by atoms with E-state index >= 15 is 0 Å². The molecule has 0 N–H and O–H groups in total. The van der Waals surface area contributed by atoms with Gasteiger partial charge in [0, 0.05) is 6.08 Å². The Kier molecular flexibility index (Phi) is 6.62. The minimum absolute atomic E-state index is 0.294. The number of unbranched alkanes of at least 4 members (excludes halogenated alkanes) is 1. The molecule has 3 heteroatoms. The summed E-state index contributed by atoms with van der Waals surface area (Å²) in [5, 5.41) is 0. The number of benzene rings is 2. The highest BCUT2D eigenvalue weighted by Crippen LogP contribution is 2.27. The van der Waals surface area contributed by atoms with Crippen LogP contribution < -0.4 is 4.74 Å². The van der Waals surface area contributed by atoms with E-state index in [2.05, 4.69) is 32.0 Å². The molecule has 0 saturated carbocycles. The summed E-state index contributed by atoms with van der Waals surface area (Å²) in [5.41, 5.74) is 4.38. The number of rotatable bonds is 7. The van der Waals surface area contributed by atoms with Crippen molar-refractivity contribution in [3.63, 3.8) is 0 Å². The van der Waals surface area contributed by atoms with Crippen LogP contribution in [0, 0.1) is 6.92 Å². The predicted molar refractivity (Wildman–Crippen MR) is 98.1 cm³/mol. The topological polar surface area (TPSA) is 35.5 Å². The van der Waals surface area contributed by atoms with Crippen LogP contribution in [0.3, 0.4) is 0 Å². The van der Waals surface area contributed by atoms with Crippen LogP contribution in [0.15, 0.2) is 48.5 Å². The molecule has 2 rings (SSSR count). The monoisotopic (exact) mass is 324 g/mol. The van der Waals surface area contributed by atoms with Crippen LogP contribution in [-0.4, -0.2) is 19.7 Å². The van der Waals surface area contributed by atoms with Crippen LogP contribution in [0.25, 0.3) is 17.2 Å². The van der Waals surface area contributed by atoms with Crippen LogP contribution in [0.2, 0.25) is 0 Å². The molecule has 24 heavy (non-hydrogen) atoms. The molecule has 0 heterocycles. The summed E-state index contributed by atoms with van der Waals surface area (Å²) in [4.78, 5) is 11.6. The van der Waals surface area contributed by atoms with Gasteiger partial charge in [-0.1, -0.05) is 43.7 Å². The van der Waals surface area contributed by atoms with Crippen LogP contribution in [0.4, 0.5) is 0 Å². The molecule has 0 bridgehead atoms. The van der Waals surface area contributed by atoms with Gasteiger partial charge in [-0.3, -0.25) is 0 Å². The van der Waals surface area contributed by atoms with Crippen molar-refractivity contribution in [1.82, 2.24) is 0 Å². The largest absolute Gasteiger partial charge is 0.497 e. The zero-order valence-electron chi connectivity index (χ0n) is 14.5. The Morgan fingerprint density at radius 1 is 1.17 bits per heavy atom. The van der Waals surface area contributed by atoms with Gasteiger partial charge in [0.2, 0.25) is 0 Å². The molecular formula is C21H24O3. The van der Waals surface area contributed by atoms with Crippen molar-refractivity contribution >= 4 is 12.0 Å². The van der Waals surface area contributed by atoms with E-state index in [0.29, 0.717) is 6.61 Å². The molecule has 3 nitrogen and oxygen atoms in total. The molecule has 0 radical (unpaired) electrons. The Morgan fingerprint density at radius 2 is 2.00 bits per heavy atom. The molecule has 0 aromatic heterocycles. The Hall–Kier alpha value is -2.55. The van der Waals surface area contributed by atoms with Crippen molar-refractivity contribution in [2.75, 3.05) is 13.7 Å². The van der Waals surface area contributed by atoms with E-state index in [1.54, 1.807) is 13.2 Å². The zero-order chi connectivity index (χ0) is 17.4. The SMILES string of the molecule is CCCCOC(=O)/C=C/c1ccc(-c2cccc(OC)c2)c(C)c1. The Morgan fingerprint density at radius 3 is 2.71 bits per heavy atom. The number of ether oxygens (including phenoxy) is 2. The van der Waals surface area contributed by atoms with E-state index in [0.717, 1.165) is 40.8 Å². The minimum Gasteiger partial charge on any atom is -0.497 e. The van der Waals surface area contributed by atoms with Gasteiger partial charge in [0.05, 0.1) is 13.7 Å². The fraction of sp³-hybridized carbons (Fsp3) is 0.286. The zero-order valence-corrected chi connectivity index (χ0v) is 14.5. The van der Waals surface area contributed by atoms with E-state index in [9.17, 15) is 4.79 Å². The van der Waals surface area contributed by atoms with Crippen molar-refractivity contribution in [3.05, 3.63) is 59.7 Å². The maximum Gasteiger partial charge on any atom is 0.330 e. The molecule has 2 aromatic carbocycles. The number of hydrogen-bond acceptors (Lipinski definition) is 3. The molecule has 0 fully saturated rings. The van der Waals surface area contributed by atoms with Crippen LogP contribution >= 0.6 is 0 Å². The molecule has 0 aliphatic heterocycles. The lowest BCUT2D eigenvalue weighted by atomic mass is 9.98. The van der Waals surface area contributed by atoms with Gasteiger partial charge < -0.3 is 9.47 Å². The number of methoxy groups -OCH3 is 1. The molecule has 0 atom stereocenters. The van der Waals surface area contributed by atoms with Gasteiger partial charge in [0.25, 0.3) is 0 Å². The maximum atomic E-state index is 11.6. The molecule has 0 unspecified atom stereocenters. The molecule has 0 spiro atoms. The van der Waals surface area contributed by atoms with Crippen molar-refractivity contribution in [2.45, 2.75) is 26.7 Å². The lowest BCUT2D eigenvalue weighted by Gasteiger charge is -2.09. The Labute approximate surface area is 143 Å². The summed E-state index contributed by atoms with van der Waals surface area (Å²) in [6, 6.07) is 14.1. The van der Waals surface area contributed by atoms with Gasteiger partial charge in [-0.2, -0.15) is 0 Å². The van der Waals surface area contributed by atoms with Crippen molar-refractivity contribution < 1.29 is 14.3 Å². The van der Waals surface area contributed by atoms with Gasteiger partial charge in [0.1, 0.15) is 5.75 Å². The number of hydrogen-bond donors (Lipinski definition) is 0. The van der Waals surface area contributed by atoms with E-state index in [1.807, 2.05) is 24.3 Å². The van der Waals surface area contributed by atoms with Crippen molar-refractivity contribution in [1.29, 1.82) is 0 Å². The molecule has 0 aliphatic rings. The summed E-state index contributed by atoms with van der Waals surface area (Å²) in [6.07, 6.45) is 5.18. The standard InChI is InChI=1S/C21H24O3/c1-4-5-13-24-21(22)12-10-17-9-11-20(16(2)14-17)18-7-6-8-19(15-18)23-3/h6-12,14-15H,4-5,13H2,1-3H3/b12-10+. The summed E-state index contributed by atoms with van der Waals surface area (Å²) >= 11 is 0. The Bertz CT molecular complexity index is 717. The summed E-state index contributed by atoms with van der Waals surface area (Å²) < 4.78 is 10.4. The lowest BCUT2D eigenvalue weighted by Crippen LogP contribution is -2.01. The molecular weight excluding hydrogens is 300 g/mol. The first-order valence-electron chi connectivity index (χ1n) is 8.24. The molecule has 0 saturated heterocycles. The lowest BCUT2D eigenvalue weighted by molar-refractivity contribution is -0.137. The van der Waals surface area contributed by atoms with Gasteiger partial charge in [-0.15, -0.1) is 0 Å². The number of carbonyl (C=O) groups is 1. The number of aryl methyl sites for hydroxylation is 1. The third kappa shape index (κ3) is 4.98. The number of carbonyl (C=O) groups excluding carboxylic acids is 1. The second kappa shape index (κ2) is 8.92. The van der Waals surface area contributed by atoms with E-state index in [4.69, 9.17) is 9.47 Å². The first kappa shape index (κ1) is 17.8. The second-order valence-electron chi connectivity index (χ2n) is 5.66. The van der Waals surface area contributed by atoms with E-state index in [1.165, 1.54) is 6.08 Å². The molecule has 0 amide bonds. The third-order valence-corrected chi connectivity index (χ3v) is 3.79. The smallest absolute Gasteiger partial charge is 0.330 e. The van der Waals surface area contributed by atoms with Gasteiger partial charge in [0.15, 0.2) is 0 Å². The maximum absolute atomic E-state index is 11.6.